The Balaban J connectivity index is 0.000000469. The third-order valence-electron chi connectivity index (χ3n) is 6.47. The maximum Gasteiger partial charge on any atom is 0.433 e. The standard InChI is InChI=1S/C23H23F4N3O4S.C10H13FN2O2S/c1-5-14(3)34-22-17(7-9-19(29-22)23(25,26)27)8-10-20(31)28-13-15-11-16(6-2)21(18(24)12-15)30-35(4,32)33;1-3-8-4-7(6-12)5-9(11)10(8)13-16(2,14)15/h2,7-12,14,30H,5,13H2,1,3-4H3,(H,28,31);3-5,13H,1,6,12H2,2H3. The lowest BCUT2D eigenvalue weighted by Gasteiger charge is -2.15. The number of nitrogens with two attached hydrogens (primary N) is 1. The van der Waals surface area contributed by atoms with Crippen LogP contribution in [0.2, 0.25) is 0 Å². The van der Waals surface area contributed by atoms with Gasteiger partial charge in [0.25, 0.3) is 0 Å². The third kappa shape index (κ3) is 13.7. The van der Waals surface area contributed by atoms with Crippen LogP contribution in [0.3, 0.4) is 0 Å². The number of amides is 1. The number of terminal acetylenes is 1. The smallest absolute Gasteiger partial charge is 0.433 e. The molecule has 0 saturated carbocycles. The number of ether oxygens (including phenoxy) is 1. The summed E-state index contributed by atoms with van der Waals surface area (Å²) in [5.74, 6) is -0.315. The van der Waals surface area contributed by atoms with E-state index in [2.05, 4.69) is 27.5 Å². The minimum atomic E-state index is -4.66. The summed E-state index contributed by atoms with van der Waals surface area (Å²) in [6.07, 6.45) is 6.26. The molecule has 0 spiro atoms. The lowest BCUT2D eigenvalue weighted by atomic mass is 10.1. The first-order valence-electron chi connectivity index (χ1n) is 14.7. The van der Waals surface area contributed by atoms with Crippen molar-refractivity contribution in [3.63, 3.8) is 0 Å². The fourth-order valence-electron chi connectivity index (χ4n) is 3.94. The molecule has 51 heavy (non-hydrogen) atoms. The Morgan fingerprint density at radius 2 is 1.61 bits per heavy atom. The van der Waals surface area contributed by atoms with Crippen molar-refractivity contribution in [1.29, 1.82) is 0 Å². The SMILES string of the molecule is C#Cc1cc(CNC(=O)C=Cc2ccc(C(F)(F)F)nc2OC(C)CC)cc(F)c1NS(C)(=O)=O.C=Cc1cc(CN)cc(F)c1NS(C)(=O)=O. The zero-order chi connectivity index (χ0) is 38.7. The average Bonchev–Trinajstić information content (AvgIpc) is 3.03. The van der Waals surface area contributed by atoms with Crippen LogP contribution >= 0.6 is 0 Å². The third-order valence-corrected chi connectivity index (χ3v) is 7.62. The quantitative estimate of drug-likeness (QED) is 0.102. The summed E-state index contributed by atoms with van der Waals surface area (Å²) < 4.78 is 121. The number of hydrogen-bond acceptors (Lipinski definition) is 8. The molecule has 1 amide bonds. The molecule has 1 unspecified atom stereocenters. The highest BCUT2D eigenvalue weighted by atomic mass is 32.2. The van der Waals surface area contributed by atoms with Gasteiger partial charge in [0, 0.05) is 30.3 Å². The van der Waals surface area contributed by atoms with Gasteiger partial charge < -0.3 is 15.8 Å². The predicted molar refractivity (Wildman–Crippen MR) is 186 cm³/mol. The van der Waals surface area contributed by atoms with Gasteiger partial charge in [-0.15, -0.1) is 6.42 Å². The molecule has 2 aromatic carbocycles. The van der Waals surface area contributed by atoms with Crippen LogP contribution in [0.5, 0.6) is 5.88 Å². The molecule has 0 aliphatic heterocycles. The fourth-order valence-corrected chi connectivity index (χ4v) is 5.11. The maximum atomic E-state index is 14.4. The normalized spacial score (nSPS) is 12.3. The number of rotatable bonds is 13. The van der Waals surface area contributed by atoms with Gasteiger partial charge >= 0.3 is 6.18 Å². The Morgan fingerprint density at radius 1 is 1.02 bits per heavy atom. The van der Waals surface area contributed by atoms with E-state index in [0.717, 1.165) is 36.8 Å². The second kappa shape index (κ2) is 17.8. The molecule has 18 heteroatoms. The average molecular weight is 758 g/mol. The molecule has 1 atom stereocenters. The van der Waals surface area contributed by atoms with E-state index in [0.29, 0.717) is 17.5 Å². The largest absolute Gasteiger partial charge is 0.474 e. The summed E-state index contributed by atoms with van der Waals surface area (Å²) in [7, 11) is -7.29. The first-order chi connectivity index (χ1) is 23.6. The van der Waals surface area contributed by atoms with Gasteiger partial charge in [0.05, 0.1) is 35.6 Å². The first kappa shape index (κ1) is 42.2. The molecule has 0 aliphatic carbocycles. The van der Waals surface area contributed by atoms with Crippen LogP contribution < -0.4 is 25.2 Å². The summed E-state index contributed by atoms with van der Waals surface area (Å²) in [5.41, 5.74) is 5.07. The van der Waals surface area contributed by atoms with Crippen molar-refractivity contribution in [1.82, 2.24) is 10.3 Å². The summed E-state index contributed by atoms with van der Waals surface area (Å²) in [5, 5.41) is 2.48. The summed E-state index contributed by atoms with van der Waals surface area (Å²) in [6, 6.07) is 7.04. The van der Waals surface area contributed by atoms with E-state index in [1.165, 1.54) is 24.3 Å². The summed E-state index contributed by atoms with van der Waals surface area (Å²) in [6.45, 7) is 6.98. The molecule has 0 aliphatic rings. The van der Waals surface area contributed by atoms with Crippen LogP contribution in [0.4, 0.5) is 33.3 Å². The molecule has 276 valence electrons. The molecule has 5 N–H and O–H groups in total. The van der Waals surface area contributed by atoms with Crippen molar-refractivity contribution in [3.05, 3.63) is 94.2 Å². The summed E-state index contributed by atoms with van der Waals surface area (Å²) in [4.78, 5) is 15.8. The van der Waals surface area contributed by atoms with Crippen molar-refractivity contribution >= 4 is 49.5 Å². The number of hydrogen-bond donors (Lipinski definition) is 4. The molecule has 3 aromatic rings. The van der Waals surface area contributed by atoms with Gasteiger partial charge in [-0.2, -0.15) is 13.2 Å². The van der Waals surface area contributed by atoms with Crippen LogP contribution in [0, 0.1) is 24.0 Å². The minimum absolute atomic E-state index is 0.0575. The lowest BCUT2D eigenvalue weighted by molar-refractivity contribution is -0.141. The van der Waals surface area contributed by atoms with Crippen molar-refractivity contribution in [3.8, 4) is 18.2 Å². The number of benzene rings is 2. The van der Waals surface area contributed by atoms with E-state index in [-0.39, 0.29) is 47.0 Å². The van der Waals surface area contributed by atoms with Crippen molar-refractivity contribution in [2.45, 2.75) is 45.6 Å². The van der Waals surface area contributed by atoms with Crippen LogP contribution in [-0.2, 0) is 44.1 Å². The Kier molecular flexibility index (Phi) is 14.7. The van der Waals surface area contributed by atoms with Gasteiger partial charge in [0.1, 0.15) is 17.3 Å². The molecule has 1 aromatic heterocycles. The number of anilines is 2. The Hall–Kier alpha value is -4.99. The van der Waals surface area contributed by atoms with E-state index >= 15 is 0 Å². The van der Waals surface area contributed by atoms with Crippen LogP contribution in [0.25, 0.3) is 12.2 Å². The van der Waals surface area contributed by atoms with E-state index in [4.69, 9.17) is 16.9 Å². The lowest BCUT2D eigenvalue weighted by Crippen LogP contribution is -2.21. The van der Waals surface area contributed by atoms with Crippen molar-refractivity contribution in [2.75, 3.05) is 22.0 Å². The number of carbonyl (C=O) groups excluding carboxylic acids is 1. The number of nitrogens with one attached hydrogen (secondary N) is 3. The molecule has 0 fully saturated rings. The number of sulfonamides is 2. The Morgan fingerprint density at radius 3 is 2.14 bits per heavy atom. The molecule has 0 saturated heterocycles. The summed E-state index contributed by atoms with van der Waals surface area (Å²) >= 11 is 0. The molecule has 0 bridgehead atoms. The molecule has 0 radical (unpaired) electrons. The minimum Gasteiger partial charge on any atom is -0.474 e. The monoisotopic (exact) mass is 757 g/mol. The zero-order valence-corrected chi connectivity index (χ0v) is 29.5. The highest BCUT2D eigenvalue weighted by Crippen LogP contribution is 2.31. The topological polar surface area (TPSA) is 170 Å². The predicted octanol–water partition coefficient (Wildman–Crippen LogP) is 5.40. The number of nitrogens with zero attached hydrogens (tertiary/aromatic N) is 1. The number of alkyl halides is 3. The van der Waals surface area contributed by atoms with E-state index in [1.54, 1.807) is 19.9 Å². The first-order valence-corrected chi connectivity index (χ1v) is 18.5. The van der Waals surface area contributed by atoms with E-state index in [9.17, 15) is 43.6 Å². The Bertz CT molecular complexity index is 2050. The number of pyridine rings is 1. The number of aromatic nitrogens is 1. The maximum absolute atomic E-state index is 14.4. The van der Waals surface area contributed by atoms with Crippen molar-refractivity contribution in [2.24, 2.45) is 5.73 Å². The molecular formula is C33H36F5N5O6S2. The number of carbonyl (C=O) groups is 1. The van der Waals surface area contributed by atoms with E-state index < -0.39 is 55.6 Å². The van der Waals surface area contributed by atoms with Crippen LogP contribution in [0.15, 0.2) is 49.1 Å². The van der Waals surface area contributed by atoms with Gasteiger partial charge in [-0.05, 0) is 66.9 Å². The highest BCUT2D eigenvalue weighted by Gasteiger charge is 2.33. The molecule has 3 rings (SSSR count). The number of halogens is 5. The van der Waals surface area contributed by atoms with Crippen LogP contribution in [0.1, 0.15) is 53.8 Å². The van der Waals surface area contributed by atoms with Gasteiger partial charge in [0.2, 0.25) is 31.8 Å². The molecule has 1 heterocycles. The zero-order valence-electron chi connectivity index (χ0n) is 27.9. The van der Waals surface area contributed by atoms with Crippen LogP contribution in [-0.4, -0.2) is 46.3 Å². The van der Waals surface area contributed by atoms with Gasteiger partial charge in [0.15, 0.2) is 0 Å². The Labute approximate surface area is 293 Å². The van der Waals surface area contributed by atoms with Gasteiger partial charge in [-0.3, -0.25) is 14.2 Å². The van der Waals surface area contributed by atoms with Gasteiger partial charge in [-0.1, -0.05) is 25.5 Å². The highest BCUT2D eigenvalue weighted by molar-refractivity contribution is 7.92. The fraction of sp³-hybridized carbons (Fsp3) is 0.273. The van der Waals surface area contributed by atoms with Crippen molar-refractivity contribution < 1.29 is 48.3 Å². The second-order valence-corrected chi connectivity index (χ2v) is 14.3. The second-order valence-electron chi connectivity index (χ2n) is 10.8. The van der Waals surface area contributed by atoms with Gasteiger partial charge in [-0.25, -0.2) is 30.6 Å². The molecule has 11 nitrogen and oxygen atoms in total. The van der Waals surface area contributed by atoms with E-state index in [1.807, 2.05) is 4.72 Å². The molecular weight excluding hydrogens is 722 g/mol.